The Balaban J connectivity index is 1.87. The Hall–Kier alpha value is -1.88. The summed E-state index contributed by atoms with van der Waals surface area (Å²) in [6.07, 6.45) is 1.28. The fraction of sp³-hybridized carbons (Fsp3) is 0.529. The van der Waals surface area contributed by atoms with E-state index in [-0.39, 0.29) is 18.7 Å². The summed E-state index contributed by atoms with van der Waals surface area (Å²) in [7, 11) is 0. The number of benzene rings is 1. The molecule has 1 heterocycles. The van der Waals surface area contributed by atoms with Gasteiger partial charge in [0, 0.05) is 32.4 Å². The highest BCUT2D eigenvalue weighted by atomic mass is 16.4. The zero-order valence-corrected chi connectivity index (χ0v) is 13.1. The first-order chi connectivity index (χ1) is 10.3. The van der Waals surface area contributed by atoms with Crippen LogP contribution in [0.15, 0.2) is 18.2 Å². The van der Waals surface area contributed by atoms with Crippen molar-refractivity contribution in [2.45, 2.75) is 45.1 Å². The largest absolute Gasteiger partial charge is 0.479 e. The van der Waals surface area contributed by atoms with E-state index in [1.807, 2.05) is 13.8 Å². The molecule has 0 saturated carbocycles. The lowest BCUT2D eigenvalue weighted by atomic mass is 9.91. The summed E-state index contributed by atoms with van der Waals surface area (Å²) in [5.41, 5.74) is 1.84. The molecular weight excluding hydrogens is 282 g/mol. The zero-order valence-electron chi connectivity index (χ0n) is 13.1. The number of carboxylic acid groups (broad SMARTS) is 1. The van der Waals surface area contributed by atoms with Crippen LogP contribution in [0.2, 0.25) is 0 Å². The Labute approximate surface area is 130 Å². The van der Waals surface area contributed by atoms with Crippen molar-refractivity contribution in [2.75, 3.05) is 13.1 Å². The molecule has 0 spiro atoms. The number of hydrogen-bond donors (Lipinski definition) is 2. The molecule has 1 aliphatic rings. The van der Waals surface area contributed by atoms with Gasteiger partial charge < -0.3 is 15.1 Å². The summed E-state index contributed by atoms with van der Waals surface area (Å²) < 4.78 is 0. The van der Waals surface area contributed by atoms with Crippen LogP contribution in [0.5, 0.6) is 0 Å². The molecule has 5 nitrogen and oxygen atoms in total. The van der Waals surface area contributed by atoms with E-state index in [4.69, 9.17) is 5.11 Å². The van der Waals surface area contributed by atoms with Gasteiger partial charge in [-0.15, -0.1) is 0 Å². The number of carbonyl (C=O) groups excluding carboxylic acids is 1. The molecule has 1 fully saturated rings. The summed E-state index contributed by atoms with van der Waals surface area (Å²) in [5, 5.41) is 18.9. The SMILES string of the molecule is Cc1cc(C)cc(CCC(=O)N2CCC(O)(C(=O)O)CC2)c1. The van der Waals surface area contributed by atoms with Gasteiger partial charge in [-0.3, -0.25) is 4.79 Å². The minimum absolute atomic E-state index is 0.0200. The number of aliphatic hydroxyl groups is 1. The Morgan fingerprint density at radius 3 is 2.18 bits per heavy atom. The van der Waals surface area contributed by atoms with Gasteiger partial charge in [-0.2, -0.15) is 0 Å². The van der Waals surface area contributed by atoms with Gasteiger partial charge >= 0.3 is 5.97 Å². The number of rotatable bonds is 4. The highest BCUT2D eigenvalue weighted by Gasteiger charge is 2.40. The second-order valence-corrected chi connectivity index (χ2v) is 6.21. The fourth-order valence-electron chi connectivity index (χ4n) is 2.96. The van der Waals surface area contributed by atoms with E-state index in [9.17, 15) is 14.7 Å². The van der Waals surface area contributed by atoms with E-state index in [1.165, 1.54) is 11.1 Å². The average molecular weight is 305 g/mol. The quantitative estimate of drug-likeness (QED) is 0.887. The Morgan fingerprint density at radius 2 is 1.68 bits per heavy atom. The number of nitrogens with zero attached hydrogens (tertiary/aromatic N) is 1. The molecule has 1 aliphatic heterocycles. The standard InChI is InChI=1S/C17H23NO4/c1-12-9-13(2)11-14(10-12)3-4-15(19)18-7-5-17(22,6-8-18)16(20)21/h9-11,22H,3-8H2,1-2H3,(H,20,21). The number of carbonyl (C=O) groups is 2. The normalized spacial score (nSPS) is 17.3. The number of amides is 1. The zero-order chi connectivity index (χ0) is 16.3. The van der Waals surface area contributed by atoms with Gasteiger partial charge in [-0.25, -0.2) is 4.79 Å². The van der Waals surface area contributed by atoms with Crippen LogP contribution < -0.4 is 0 Å². The molecule has 0 atom stereocenters. The lowest BCUT2D eigenvalue weighted by Crippen LogP contribution is -2.50. The molecule has 1 aromatic rings. The van der Waals surface area contributed by atoms with Crippen molar-refractivity contribution in [1.82, 2.24) is 4.90 Å². The van der Waals surface area contributed by atoms with E-state index in [0.717, 1.165) is 5.56 Å². The predicted molar refractivity (Wildman–Crippen MR) is 82.6 cm³/mol. The number of hydrogen-bond acceptors (Lipinski definition) is 3. The van der Waals surface area contributed by atoms with Gasteiger partial charge in [0.05, 0.1) is 0 Å². The third kappa shape index (κ3) is 3.85. The molecule has 0 aromatic heterocycles. The summed E-state index contributed by atoms with van der Waals surface area (Å²) >= 11 is 0. The lowest BCUT2D eigenvalue weighted by Gasteiger charge is -2.35. The minimum Gasteiger partial charge on any atom is -0.479 e. The van der Waals surface area contributed by atoms with E-state index in [0.29, 0.717) is 25.9 Å². The number of piperidine rings is 1. The van der Waals surface area contributed by atoms with Crippen molar-refractivity contribution >= 4 is 11.9 Å². The monoisotopic (exact) mass is 305 g/mol. The molecule has 22 heavy (non-hydrogen) atoms. The highest BCUT2D eigenvalue weighted by molar-refractivity contribution is 5.79. The highest BCUT2D eigenvalue weighted by Crippen LogP contribution is 2.23. The molecule has 1 saturated heterocycles. The van der Waals surface area contributed by atoms with Crippen LogP contribution in [0.25, 0.3) is 0 Å². The molecule has 0 aliphatic carbocycles. The predicted octanol–water partition coefficient (Wildman–Crippen LogP) is 1.67. The minimum atomic E-state index is -1.68. The van der Waals surface area contributed by atoms with Crippen molar-refractivity contribution in [3.05, 3.63) is 34.9 Å². The number of carboxylic acids is 1. The fourth-order valence-corrected chi connectivity index (χ4v) is 2.96. The number of likely N-dealkylation sites (tertiary alicyclic amines) is 1. The second kappa shape index (κ2) is 6.48. The van der Waals surface area contributed by atoms with Gasteiger partial charge in [-0.1, -0.05) is 29.3 Å². The molecule has 120 valence electrons. The van der Waals surface area contributed by atoms with Crippen molar-refractivity contribution < 1.29 is 19.8 Å². The van der Waals surface area contributed by atoms with Crippen molar-refractivity contribution in [3.63, 3.8) is 0 Å². The molecule has 5 heteroatoms. The van der Waals surface area contributed by atoms with E-state index in [1.54, 1.807) is 4.90 Å². The molecular formula is C17H23NO4. The summed E-state index contributed by atoms with van der Waals surface area (Å²) in [6.45, 7) is 4.67. The first-order valence-corrected chi connectivity index (χ1v) is 7.61. The topological polar surface area (TPSA) is 77.8 Å². The smallest absolute Gasteiger partial charge is 0.335 e. The Kier molecular flexibility index (Phi) is 4.86. The molecule has 2 N–H and O–H groups in total. The maximum absolute atomic E-state index is 12.2. The third-order valence-electron chi connectivity index (χ3n) is 4.25. The van der Waals surface area contributed by atoms with Crippen LogP contribution in [-0.2, 0) is 16.0 Å². The Morgan fingerprint density at radius 1 is 1.14 bits per heavy atom. The van der Waals surface area contributed by atoms with Gasteiger partial charge in [0.25, 0.3) is 0 Å². The Bertz CT molecular complexity index is 554. The molecule has 1 aromatic carbocycles. The van der Waals surface area contributed by atoms with Gasteiger partial charge in [0.1, 0.15) is 0 Å². The average Bonchev–Trinajstić information content (AvgIpc) is 2.44. The molecule has 0 unspecified atom stereocenters. The summed E-state index contributed by atoms with van der Waals surface area (Å²) in [6, 6.07) is 6.27. The van der Waals surface area contributed by atoms with Crippen LogP contribution >= 0.6 is 0 Å². The van der Waals surface area contributed by atoms with E-state index in [2.05, 4.69) is 18.2 Å². The molecule has 0 radical (unpaired) electrons. The number of aryl methyl sites for hydroxylation is 3. The summed E-state index contributed by atoms with van der Waals surface area (Å²) in [4.78, 5) is 24.8. The van der Waals surface area contributed by atoms with Crippen LogP contribution in [-0.4, -0.2) is 45.7 Å². The van der Waals surface area contributed by atoms with Crippen molar-refractivity contribution in [1.29, 1.82) is 0 Å². The summed E-state index contributed by atoms with van der Waals surface area (Å²) in [5.74, 6) is -1.18. The first-order valence-electron chi connectivity index (χ1n) is 7.61. The van der Waals surface area contributed by atoms with E-state index < -0.39 is 11.6 Å². The third-order valence-corrected chi connectivity index (χ3v) is 4.25. The van der Waals surface area contributed by atoms with Crippen LogP contribution in [0.3, 0.4) is 0 Å². The van der Waals surface area contributed by atoms with Gasteiger partial charge in [0.15, 0.2) is 5.60 Å². The number of aliphatic carboxylic acids is 1. The van der Waals surface area contributed by atoms with Gasteiger partial charge in [0.2, 0.25) is 5.91 Å². The second-order valence-electron chi connectivity index (χ2n) is 6.21. The molecule has 2 rings (SSSR count). The maximum Gasteiger partial charge on any atom is 0.335 e. The lowest BCUT2D eigenvalue weighted by molar-refractivity contribution is -0.165. The van der Waals surface area contributed by atoms with Crippen LogP contribution in [0.4, 0.5) is 0 Å². The maximum atomic E-state index is 12.2. The van der Waals surface area contributed by atoms with Crippen molar-refractivity contribution in [3.8, 4) is 0 Å². The first kappa shape index (κ1) is 16.5. The van der Waals surface area contributed by atoms with Crippen molar-refractivity contribution in [2.24, 2.45) is 0 Å². The van der Waals surface area contributed by atoms with Gasteiger partial charge in [-0.05, 0) is 25.8 Å². The van der Waals surface area contributed by atoms with Crippen LogP contribution in [0.1, 0.15) is 36.0 Å². The molecule has 0 bridgehead atoms. The van der Waals surface area contributed by atoms with E-state index >= 15 is 0 Å². The van der Waals surface area contributed by atoms with Crippen LogP contribution in [0, 0.1) is 13.8 Å². The molecule has 1 amide bonds.